The van der Waals surface area contributed by atoms with E-state index in [4.69, 9.17) is 32.7 Å². The lowest BCUT2D eigenvalue weighted by atomic mass is 10.2. The molecule has 0 fully saturated rings. The van der Waals surface area contributed by atoms with Gasteiger partial charge in [0.2, 0.25) is 0 Å². The molecule has 0 saturated heterocycles. The number of nitrogens with one attached hydrogen (secondary N) is 1. The van der Waals surface area contributed by atoms with Gasteiger partial charge in [-0.05, 0) is 54.1 Å². The number of amides is 1. The SMILES string of the molecule is COc1ccc(S(=O)(=O)N(C)c2ccc(C(=O)NCCSCc3ccc(Cl)cc3Cl)cc2)cc1OC. The van der Waals surface area contributed by atoms with Gasteiger partial charge < -0.3 is 14.8 Å². The maximum atomic E-state index is 13.1. The fourth-order valence-electron chi connectivity index (χ4n) is 3.26. The van der Waals surface area contributed by atoms with Crippen molar-refractivity contribution in [3.63, 3.8) is 0 Å². The van der Waals surface area contributed by atoms with Crippen molar-refractivity contribution in [1.29, 1.82) is 0 Å². The number of carbonyl (C=O) groups is 1. The molecule has 0 bridgehead atoms. The molecule has 7 nitrogen and oxygen atoms in total. The number of halogens is 2. The molecule has 0 unspecified atom stereocenters. The molecule has 1 amide bonds. The number of thioether (sulfide) groups is 1. The number of sulfonamides is 1. The number of nitrogens with zero attached hydrogens (tertiary/aromatic N) is 1. The Balaban J connectivity index is 1.56. The highest BCUT2D eigenvalue weighted by molar-refractivity contribution is 7.98. The zero-order chi connectivity index (χ0) is 26.3. The minimum absolute atomic E-state index is 0.0573. The molecule has 0 aromatic heterocycles. The van der Waals surface area contributed by atoms with Crippen LogP contribution in [0.3, 0.4) is 0 Å². The van der Waals surface area contributed by atoms with Crippen molar-refractivity contribution in [2.24, 2.45) is 0 Å². The Labute approximate surface area is 225 Å². The monoisotopic (exact) mass is 568 g/mol. The van der Waals surface area contributed by atoms with Crippen LogP contribution in [0.25, 0.3) is 0 Å². The maximum absolute atomic E-state index is 13.1. The molecule has 0 radical (unpaired) electrons. The summed E-state index contributed by atoms with van der Waals surface area (Å²) in [5, 5.41) is 4.08. The summed E-state index contributed by atoms with van der Waals surface area (Å²) in [5.74, 6) is 1.92. The van der Waals surface area contributed by atoms with E-state index < -0.39 is 10.0 Å². The molecule has 0 aliphatic rings. The van der Waals surface area contributed by atoms with E-state index in [0.717, 1.165) is 9.87 Å². The second-order valence-corrected chi connectivity index (χ2v) is 11.5. The van der Waals surface area contributed by atoms with Crippen molar-refractivity contribution in [2.45, 2.75) is 10.6 Å². The molecule has 0 aliphatic heterocycles. The largest absolute Gasteiger partial charge is 0.493 e. The van der Waals surface area contributed by atoms with Crippen molar-refractivity contribution in [2.75, 3.05) is 37.9 Å². The molecule has 3 rings (SSSR count). The number of hydrogen-bond donors (Lipinski definition) is 1. The standard InChI is InChI=1S/C25H26Cl2N2O5S2/c1-29(36(31,32)21-10-11-23(33-2)24(15-21)34-3)20-8-5-17(6-9-20)25(30)28-12-13-35-16-18-4-7-19(26)14-22(18)27/h4-11,14-15H,12-13,16H2,1-3H3,(H,28,30). The fourth-order valence-corrected chi connectivity index (χ4v) is 5.88. The predicted molar refractivity (Wildman–Crippen MR) is 147 cm³/mol. The van der Waals surface area contributed by atoms with Gasteiger partial charge in [-0.2, -0.15) is 11.8 Å². The summed E-state index contributed by atoms with van der Waals surface area (Å²) < 4.78 is 37.7. The van der Waals surface area contributed by atoms with Crippen LogP contribution >= 0.6 is 35.0 Å². The number of benzene rings is 3. The van der Waals surface area contributed by atoms with Crippen LogP contribution in [0.1, 0.15) is 15.9 Å². The number of anilines is 1. The molecule has 0 aliphatic carbocycles. The first-order chi connectivity index (χ1) is 17.2. The van der Waals surface area contributed by atoms with Crippen LogP contribution in [0.5, 0.6) is 11.5 Å². The molecule has 3 aromatic carbocycles. The Morgan fingerprint density at radius 1 is 0.972 bits per heavy atom. The van der Waals surface area contributed by atoms with Gasteiger partial charge in [0.15, 0.2) is 11.5 Å². The predicted octanol–water partition coefficient (Wildman–Crippen LogP) is 5.50. The van der Waals surface area contributed by atoms with Crippen LogP contribution in [0.4, 0.5) is 5.69 Å². The first kappa shape index (κ1) is 28.0. The Hall–Kier alpha value is -2.59. The van der Waals surface area contributed by atoms with Crippen molar-refractivity contribution in [3.8, 4) is 11.5 Å². The van der Waals surface area contributed by atoms with Crippen LogP contribution in [0, 0.1) is 0 Å². The van der Waals surface area contributed by atoms with Gasteiger partial charge in [0.1, 0.15) is 0 Å². The Morgan fingerprint density at radius 3 is 2.31 bits per heavy atom. The molecule has 192 valence electrons. The molecule has 1 N–H and O–H groups in total. The van der Waals surface area contributed by atoms with Crippen LogP contribution in [-0.2, 0) is 15.8 Å². The second-order valence-electron chi connectivity index (χ2n) is 7.58. The number of hydrogen-bond acceptors (Lipinski definition) is 6. The van der Waals surface area contributed by atoms with Gasteiger partial charge in [0.25, 0.3) is 15.9 Å². The molecular weight excluding hydrogens is 543 g/mol. The lowest BCUT2D eigenvalue weighted by Crippen LogP contribution is -2.27. The van der Waals surface area contributed by atoms with E-state index in [2.05, 4.69) is 5.32 Å². The van der Waals surface area contributed by atoms with E-state index in [9.17, 15) is 13.2 Å². The van der Waals surface area contributed by atoms with E-state index in [-0.39, 0.29) is 10.8 Å². The normalized spacial score (nSPS) is 11.1. The molecule has 0 spiro atoms. The lowest BCUT2D eigenvalue weighted by molar-refractivity contribution is 0.0956. The summed E-state index contributed by atoms with van der Waals surface area (Å²) in [6.07, 6.45) is 0. The van der Waals surface area contributed by atoms with Crippen LogP contribution in [0.2, 0.25) is 10.0 Å². The third kappa shape index (κ3) is 6.79. The van der Waals surface area contributed by atoms with Gasteiger partial charge in [-0.3, -0.25) is 9.10 Å². The minimum atomic E-state index is -3.85. The Kier molecular flexibility index (Phi) is 9.78. The van der Waals surface area contributed by atoms with E-state index in [1.165, 1.54) is 39.5 Å². The first-order valence-electron chi connectivity index (χ1n) is 10.8. The number of ether oxygens (including phenoxy) is 2. The van der Waals surface area contributed by atoms with Crippen molar-refractivity contribution in [1.82, 2.24) is 5.32 Å². The zero-order valence-corrected chi connectivity index (χ0v) is 23.1. The van der Waals surface area contributed by atoms with Crippen LogP contribution in [0.15, 0.2) is 65.6 Å². The van der Waals surface area contributed by atoms with Gasteiger partial charge in [0, 0.05) is 46.8 Å². The Bertz CT molecular complexity index is 1320. The Morgan fingerprint density at radius 2 is 1.67 bits per heavy atom. The number of rotatable bonds is 11. The molecule has 36 heavy (non-hydrogen) atoms. The van der Waals surface area contributed by atoms with Gasteiger partial charge in [-0.25, -0.2) is 8.42 Å². The van der Waals surface area contributed by atoms with Crippen LogP contribution < -0.4 is 19.1 Å². The summed E-state index contributed by atoms with van der Waals surface area (Å²) in [6, 6.07) is 16.1. The average molecular weight is 570 g/mol. The summed E-state index contributed by atoms with van der Waals surface area (Å²) >= 11 is 13.7. The quantitative estimate of drug-likeness (QED) is 0.307. The summed E-state index contributed by atoms with van der Waals surface area (Å²) in [7, 11) is 0.514. The molecule has 3 aromatic rings. The fraction of sp³-hybridized carbons (Fsp3) is 0.240. The number of methoxy groups -OCH3 is 2. The summed E-state index contributed by atoms with van der Waals surface area (Å²) in [4.78, 5) is 12.5. The topological polar surface area (TPSA) is 84.9 Å². The second kappa shape index (κ2) is 12.6. The highest BCUT2D eigenvalue weighted by Crippen LogP contribution is 2.31. The summed E-state index contributed by atoms with van der Waals surface area (Å²) in [6.45, 7) is 0.476. The maximum Gasteiger partial charge on any atom is 0.264 e. The van der Waals surface area contributed by atoms with E-state index >= 15 is 0 Å². The van der Waals surface area contributed by atoms with Crippen molar-refractivity contribution in [3.05, 3.63) is 81.8 Å². The first-order valence-corrected chi connectivity index (χ1v) is 14.1. The van der Waals surface area contributed by atoms with E-state index in [1.807, 2.05) is 6.07 Å². The zero-order valence-electron chi connectivity index (χ0n) is 20.0. The minimum Gasteiger partial charge on any atom is -0.493 e. The third-order valence-corrected chi connectivity index (χ3v) is 8.69. The van der Waals surface area contributed by atoms with Gasteiger partial charge >= 0.3 is 0 Å². The average Bonchev–Trinajstić information content (AvgIpc) is 2.88. The smallest absolute Gasteiger partial charge is 0.264 e. The molecule has 11 heteroatoms. The highest BCUT2D eigenvalue weighted by Gasteiger charge is 2.23. The number of carbonyl (C=O) groups excluding carboxylic acids is 1. The summed E-state index contributed by atoms with van der Waals surface area (Å²) in [5.41, 5.74) is 1.83. The van der Waals surface area contributed by atoms with Gasteiger partial charge in [-0.1, -0.05) is 29.3 Å². The lowest BCUT2D eigenvalue weighted by Gasteiger charge is -2.20. The third-order valence-electron chi connectivity index (χ3n) is 5.31. The van der Waals surface area contributed by atoms with Gasteiger partial charge in [0.05, 0.1) is 24.8 Å². The highest BCUT2D eigenvalue weighted by atomic mass is 35.5. The van der Waals surface area contributed by atoms with Crippen molar-refractivity contribution >= 4 is 56.6 Å². The van der Waals surface area contributed by atoms with Gasteiger partial charge in [-0.15, -0.1) is 0 Å². The molecule has 0 atom stereocenters. The van der Waals surface area contributed by atoms with Crippen molar-refractivity contribution < 1.29 is 22.7 Å². The van der Waals surface area contributed by atoms with Crippen LogP contribution in [-0.4, -0.2) is 47.9 Å². The molecular formula is C25H26Cl2N2O5S2. The van der Waals surface area contributed by atoms with E-state index in [1.54, 1.807) is 48.2 Å². The molecule has 0 saturated carbocycles. The van der Waals surface area contributed by atoms with E-state index in [0.29, 0.717) is 50.8 Å². The molecule has 0 heterocycles.